The standard InChI is InChI=1S/C29H42O2/c1-5-6-7-11-18-28(2,3)24-16-17-26(29(4)19-12-15-25(30)21-29)27(20-24)31-22-23-13-9-8-10-14-23/h8-10,13-14,16-17,20,25,30H,5-7,11-12,15,18-19,21-22H2,1-4H3. The molecule has 1 saturated carbocycles. The average molecular weight is 423 g/mol. The van der Waals surface area contributed by atoms with Gasteiger partial charge in [-0.05, 0) is 53.7 Å². The topological polar surface area (TPSA) is 29.5 Å². The van der Waals surface area contributed by atoms with E-state index in [0.29, 0.717) is 6.61 Å². The minimum atomic E-state index is -0.213. The minimum Gasteiger partial charge on any atom is -0.489 e. The smallest absolute Gasteiger partial charge is 0.123 e. The number of unbranched alkanes of at least 4 members (excludes halogenated alkanes) is 3. The van der Waals surface area contributed by atoms with Gasteiger partial charge in [0.25, 0.3) is 0 Å². The molecule has 0 aliphatic heterocycles. The van der Waals surface area contributed by atoms with Gasteiger partial charge in [0, 0.05) is 5.56 Å². The Morgan fingerprint density at radius 3 is 2.55 bits per heavy atom. The summed E-state index contributed by atoms with van der Waals surface area (Å²) < 4.78 is 6.47. The van der Waals surface area contributed by atoms with Gasteiger partial charge in [-0.3, -0.25) is 0 Å². The van der Waals surface area contributed by atoms with Gasteiger partial charge < -0.3 is 9.84 Å². The Kier molecular flexibility index (Phi) is 8.22. The zero-order valence-electron chi connectivity index (χ0n) is 20.1. The van der Waals surface area contributed by atoms with Gasteiger partial charge in [0.05, 0.1) is 6.10 Å². The summed E-state index contributed by atoms with van der Waals surface area (Å²) in [4.78, 5) is 0. The number of ether oxygens (including phenoxy) is 1. The molecule has 1 aliphatic rings. The molecule has 1 N–H and O–H groups in total. The van der Waals surface area contributed by atoms with Gasteiger partial charge in [-0.15, -0.1) is 0 Å². The third-order valence-electron chi connectivity index (χ3n) is 7.26. The summed E-state index contributed by atoms with van der Waals surface area (Å²) >= 11 is 0. The van der Waals surface area contributed by atoms with Crippen molar-refractivity contribution in [1.29, 1.82) is 0 Å². The second kappa shape index (κ2) is 10.7. The van der Waals surface area contributed by atoms with Crippen molar-refractivity contribution in [3.05, 3.63) is 65.2 Å². The van der Waals surface area contributed by atoms with E-state index >= 15 is 0 Å². The summed E-state index contributed by atoms with van der Waals surface area (Å²) in [6.07, 6.45) is 10.1. The van der Waals surface area contributed by atoms with Crippen molar-refractivity contribution in [2.45, 2.75) is 109 Å². The molecule has 0 radical (unpaired) electrons. The molecule has 2 aromatic carbocycles. The lowest BCUT2D eigenvalue weighted by atomic mass is 9.69. The van der Waals surface area contributed by atoms with E-state index in [-0.39, 0.29) is 16.9 Å². The van der Waals surface area contributed by atoms with Crippen LogP contribution in [0.15, 0.2) is 48.5 Å². The molecule has 0 aromatic heterocycles. The SMILES string of the molecule is CCCCCCC(C)(C)c1ccc(C2(C)CCCC(O)C2)c(OCc2ccccc2)c1. The summed E-state index contributed by atoms with van der Waals surface area (Å²) in [6.45, 7) is 9.87. The quantitative estimate of drug-likeness (QED) is 0.397. The van der Waals surface area contributed by atoms with Crippen LogP contribution in [0.1, 0.15) is 102 Å². The number of hydrogen-bond donors (Lipinski definition) is 1. The van der Waals surface area contributed by atoms with E-state index in [1.54, 1.807) is 0 Å². The number of hydrogen-bond acceptors (Lipinski definition) is 2. The first-order chi connectivity index (χ1) is 14.8. The molecule has 2 aromatic rings. The molecule has 1 fully saturated rings. The van der Waals surface area contributed by atoms with Crippen LogP contribution in [-0.4, -0.2) is 11.2 Å². The summed E-state index contributed by atoms with van der Waals surface area (Å²) in [7, 11) is 0. The fourth-order valence-corrected chi connectivity index (χ4v) is 5.13. The molecule has 2 heteroatoms. The van der Waals surface area contributed by atoms with Crippen molar-refractivity contribution in [3.8, 4) is 5.75 Å². The Morgan fingerprint density at radius 1 is 1.06 bits per heavy atom. The Morgan fingerprint density at radius 2 is 1.84 bits per heavy atom. The predicted octanol–water partition coefficient (Wildman–Crippen LogP) is 7.71. The van der Waals surface area contributed by atoms with Crippen molar-refractivity contribution in [2.24, 2.45) is 0 Å². The number of benzene rings is 2. The molecule has 2 unspecified atom stereocenters. The lowest BCUT2D eigenvalue weighted by molar-refractivity contribution is 0.0895. The van der Waals surface area contributed by atoms with E-state index in [9.17, 15) is 5.11 Å². The van der Waals surface area contributed by atoms with E-state index in [1.807, 2.05) is 6.07 Å². The van der Waals surface area contributed by atoms with Crippen molar-refractivity contribution < 1.29 is 9.84 Å². The van der Waals surface area contributed by atoms with Gasteiger partial charge in [-0.25, -0.2) is 0 Å². The van der Waals surface area contributed by atoms with Crippen LogP contribution in [-0.2, 0) is 17.4 Å². The molecule has 0 heterocycles. The molecular weight excluding hydrogens is 380 g/mol. The zero-order chi connectivity index (χ0) is 22.3. The Bertz CT molecular complexity index is 811. The molecule has 2 atom stereocenters. The molecule has 0 saturated heterocycles. The van der Waals surface area contributed by atoms with Gasteiger partial charge in [-0.2, -0.15) is 0 Å². The molecule has 2 nitrogen and oxygen atoms in total. The van der Waals surface area contributed by atoms with Crippen LogP contribution in [0, 0.1) is 0 Å². The van der Waals surface area contributed by atoms with Gasteiger partial charge in [-0.1, -0.05) is 102 Å². The Hall–Kier alpha value is -1.80. The molecule has 170 valence electrons. The Balaban J connectivity index is 1.87. The summed E-state index contributed by atoms with van der Waals surface area (Å²) in [5.41, 5.74) is 3.90. The highest BCUT2D eigenvalue weighted by Crippen LogP contribution is 2.45. The van der Waals surface area contributed by atoms with E-state index in [1.165, 1.54) is 48.8 Å². The van der Waals surface area contributed by atoms with Crippen molar-refractivity contribution >= 4 is 0 Å². The lowest BCUT2D eigenvalue weighted by Gasteiger charge is -2.38. The highest BCUT2D eigenvalue weighted by molar-refractivity contribution is 5.45. The van der Waals surface area contributed by atoms with Crippen molar-refractivity contribution in [3.63, 3.8) is 0 Å². The van der Waals surface area contributed by atoms with Gasteiger partial charge in [0.2, 0.25) is 0 Å². The Labute approximate surface area is 190 Å². The van der Waals surface area contributed by atoms with Gasteiger partial charge in [0.1, 0.15) is 12.4 Å². The largest absolute Gasteiger partial charge is 0.489 e. The monoisotopic (exact) mass is 422 g/mol. The molecule has 1 aliphatic carbocycles. The number of aliphatic hydroxyl groups excluding tert-OH is 1. The molecular formula is C29H42O2. The fraction of sp³-hybridized carbons (Fsp3) is 0.586. The summed E-state index contributed by atoms with van der Waals surface area (Å²) in [5.74, 6) is 1.000. The van der Waals surface area contributed by atoms with Gasteiger partial charge >= 0.3 is 0 Å². The predicted molar refractivity (Wildman–Crippen MR) is 131 cm³/mol. The molecule has 31 heavy (non-hydrogen) atoms. The minimum absolute atomic E-state index is 0.0342. The van der Waals surface area contributed by atoms with E-state index in [2.05, 4.69) is 70.2 Å². The van der Waals surface area contributed by atoms with Gasteiger partial charge in [0.15, 0.2) is 0 Å². The van der Waals surface area contributed by atoms with Crippen LogP contribution in [0.25, 0.3) is 0 Å². The summed E-state index contributed by atoms with van der Waals surface area (Å²) in [6, 6.07) is 17.3. The second-order valence-electron chi connectivity index (χ2n) is 10.5. The van der Waals surface area contributed by atoms with Crippen LogP contribution in [0.3, 0.4) is 0 Å². The van der Waals surface area contributed by atoms with Crippen LogP contribution in [0.5, 0.6) is 5.75 Å². The third kappa shape index (κ3) is 6.35. The average Bonchev–Trinajstić information content (AvgIpc) is 2.75. The zero-order valence-corrected chi connectivity index (χ0v) is 20.1. The number of aliphatic hydroxyl groups is 1. The van der Waals surface area contributed by atoms with E-state index in [4.69, 9.17) is 4.74 Å². The summed E-state index contributed by atoms with van der Waals surface area (Å²) in [5, 5.41) is 10.4. The van der Waals surface area contributed by atoms with Crippen molar-refractivity contribution in [2.75, 3.05) is 0 Å². The maximum Gasteiger partial charge on any atom is 0.123 e. The first-order valence-corrected chi connectivity index (χ1v) is 12.3. The van der Waals surface area contributed by atoms with Crippen LogP contribution >= 0.6 is 0 Å². The first kappa shape index (κ1) is 23.9. The normalized spacial score (nSPS) is 21.8. The second-order valence-corrected chi connectivity index (χ2v) is 10.5. The van der Waals surface area contributed by atoms with E-state index in [0.717, 1.165) is 31.4 Å². The lowest BCUT2D eigenvalue weighted by Crippen LogP contribution is -2.33. The first-order valence-electron chi connectivity index (χ1n) is 12.3. The third-order valence-corrected chi connectivity index (χ3v) is 7.26. The fourth-order valence-electron chi connectivity index (χ4n) is 5.13. The maximum absolute atomic E-state index is 10.4. The van der Waals surface area contributed by atoms with Crippen LogP contribution < -0.4 is 4.74 Å². The maximum atomic E-state index is 10.4. The van der Waals surface area contributed by atoms with Crippen LogP contribution in [0.2, 0.25) is 0 Å². The van der Waals surface area contributed by atoms with Crippen LogP contribution in [0.4, 0.5) is 0 Å². The molecule has 0 spiro atoms. The molecule has 3 rings (SSSR count). The molecule has 0 amide bonds. The molecule has 0 bridgehead atoms. The number of rotatable bonds is 10. The highest BCUT2D eigenvalue weighted by atomic mass is 16.5. The van der Waals surface area contributed by atoms with Crippen molar-refractivity contribution in [1.82, 2.24) is 0 Å². The highest BCUT2D eigenvalue weighted by Gasteiger charge is 2.36. The van der Waals surface area contributed by atoms with E-state index < -0.39 is 0 Å².